The van der Waals surface area contributed by atoms with Crippen molar-refractivity contribution in [2.24, 2.45) is 0 Å². The van der Waals surface area contributed by atoms with E-state index in [-0.39, 0.29) is 11.3 Å². The molecule has 0 bridgehead atoms. The number of phenols is 1. The van der Waals surface area contributed by atoms with Gasteiger partial charge in [0.1, 0.15) is 15.6 Å². The van der Waals surface area contributed by atoms with E-state index < -0.39 is 11.8 Å². The second kappa shape index (κ2) is 7.33. The van der Waals surface area contributed by atoms with E-state index in [2.05, 4.69) is 15.8 Å². The molecule has 3 N–H and O–H groups in total. The van der Waals surface area contributed by atoms with Crippen LogP contribution in [0.5, 0.6) is 5.75 Å². The Hall–Kier alpha value is -2.90. The quantitative estimate of drug-likeness (QED) is 0.614. The molecule has 0 spiro atoms. The van der Waals surface area contributed by atoms with Gasteiger partial charge >= 0.3 is 0 Å². The third-order valence-electron chi connectivity index (χ3n) is 3.24. The van der Waals surface area contributed by atoms with Gasteiger partial charge in [-0.1, -0.05) is 41.9 Å². The molecule has 3 rings (SSSR count). The number of hydrazine groups is 1. The number of rotatable bonds is 3. The zero-order valence-corrected chi connectivity index (χ0v) is 14.3. The van der Waals surface area contributed by atoms with Crippen LogP contribution in [0, 0.1) is 0 Å². The Balaban J connectivity index is 1.66. The number of hydrogen-bond donors (Lipinski definition) is 3. The maximum atomic E-state index is 12.1. The van der Waals surface area contributed by atoms with Gasteiger partial charge in [-0.25, -0.2) is 4.98 Å². The van der Waals surface area contributed by atoms with Crippen LogP contribution in [0.25, 0.3) is 10.6 Å². The van der Waals surface area contributed by atoms with Crippen LogP contribution < -0.4 is 10.9 Å². The topological polar surface area (TPSA) is 91.3 Å². The lowest BCUT2D eigenvalue weighted by Gasteiger charge is -2.07. The lowest BCUT2D eigenvalue weighted by molar-refractivity contribution is 0.0847. The molecule has 0 unspecified atom stereocenters. The van der Waals surface area contributed by atoms with Gasteiger partial charge in [-0.2, -0.15) is 0 Å². The number of aromatic nitrogens is 1. The van der Waals surface area contributed by atoms with Crippen LogP contribution in [-0.2, 0) is 0 Å². The number of carbonyl (C=O) groups is 2. The van der Waals surface area contributed by atoms with E-state index in [4.69, 9.17) is 11.6 Å². The van der Waals surface area contributed by atoms with Crippen molar-refractivity contribution in [2.75, 3.05) is 0 Å². The van der Waals surface area contributed by atoms with Crippen LogP contribution in [0.2, 0.25) is 5.02 Å². The van der Waals surface area contributed by atoms with Gasteiger partial charge in [0, 0.05) is 10.6 Å². The van der Waals surface area contributed by atoms with E-state index >= 15 is 0 Å². The minimum Gasteiger partial charge on any atom is -0.507 e. The first-order valence-corrected chi connectivity index (χ1v) is 8.34. The van der Waals surface area contributed by atoms with Crippen molar-refractivity contribution in [3.63, 3.8) is 0 Å². The predicted molar refractivity (Wildman–Crippen MR) is 95.6 cm³/mol. The van der Waals surface area contributed by atoms with Gasteiger partial charge in [-0.05, 0) is 18.2 Å². The molecule has 0 radical (unpaired) electrons. The zero-order valence-electron chi connectivity index (χ0n) is 12.7. The SMILES string of the molecule is O=C(NNC(=O)c1cc(Cl)ccc1O)c1cnc(-c2ccccc2)s1. The van der Waals surface area contributed by atoms with Gasteiger partial charge in [-0.3, -0.25) is 20.4 Å². The highest BCUT2D eigenvalue weighted by molar-refractivity contribution is 7.16. The Morgan fingerprint density at radius 3 is 2.52 bits per heavy atom. The molecule has 126 valence electrons. The van der Waals surface area contributed by atoms with Crippen molar-refractivity contribution in [3.05, 3.63) is 70.2 Å². The van der Waals surface area contributed by atoms with E-state index in [0.29, 0.717) is 14.9 Å². The first kappa shape index (κ1) is 16.9. The maximum absolute atomic E-state index is 12.1. The second-order valence-electron chi connectivity index (χ2n) is 4.97. The first-order valence-electron chi connectivity index (χ1n) is 7.15. The zero-order chi connectivity index (χ0) is 17.8. The molecule has 0 aliphatic carbocycles. The van der Waals surface area contributed by atoms with E-state index in [1.807, 2.05) is 30.3 Å². The molecule has 6 nitrogen and oxygen atoms in total. The summed E-state index contributed by atoms with van der Waals surface area (Å²) in [6, 6.07) is 13.5. The number of thiazole rings is 1. The number of aromatic hydroxyl groups is 1. The summed E-state index contributed by atoms with van der Waals surface area (Å²) in [5.74, 6) is -1.42. The summed E-state index contributed by atoms with van der Waals surface area (Å²) in [5.41, 5.74) is 5.38. The summed E-state index contributed by atoms with van der Waals surface area (Å²) in [4.78, 5) is 28.7. The van der Waals surface area contributed by atoms with Crippen LogP contribution in [0.1, 0.15) is 20.0 Å². The minimum atomic E-state index is -0.679. The number of amides is 2. The van der Waals surface area contributed by atoms with E-state index in [0.717, 1.165) is 5.56 Å². The Bertz CT molecular complexity index is 928. The average Bonchev–Trinajstić information content (AvgIpc) is 3.12. The Kier molecular flexibility index (Phi) is 4.97. The van der Waals surface area contributed by atoms with Gasteiger partial charge in [0.15, 0.2) is 0 Å². The highest BCUT2D eigenvalue weighted by Crippen LogP contribution is 2.24. The highest BCUT2D eigenvalue weighted by Gasteiger charge is 2.15. The van der Waals surface area contributed by atoms with Crippen LogP contribution in [0.4, 0.5) is 0 Å². The summed E-state index contributed by atoms with van der Waals surface area (Å²) in [7, 11) is 0. The molecule has 0 fully saturated rings. The lowest BCUT2D eigenvalue weighted by atomic mass is 10.2. The standard InChI is InChI=1S/C17H12ClN3O3S/c18-11-6-7-13(22)12(8-11)15(23)20-21-16(24)14-9-19-17(25-14)10-4-2-1-3-5-10/h1-9,22H,(H,20,23)(H,21,24). The predicted octanol–water partition coefficient (Wildman–Crippen LogP) is 3.24. The van der Waals surface area contributed by atoms with Crippen LogP contribution in [0.3, 0.4) is 0 Å². The van der Waals surface area contributed by atoms with Crippen molar-refractivity contribution in [1.82, 2.24) is 15.8 Å². The third-order valence-corrected chi connectivity index (χ3v) is 4.52. The monoisotopic (exact) mass is 373 g/mol. The summed E-state index contributed by atoms with van der Waals surface area (Å²) >= 11 is 7.00. The molecule has 0 aliphatic rings. The molecule has 8 heteroatoms. The number of carbonyl (C=O) groups excluding carboxylic acids is 2. The average molecular weight is 374 g/mol. The maximum Gasteiger partial charge on any atom is 0.281 e. The van der Waals surface area contributed by atoms with Crippen molar-refractivity contribution in [1.29, 1.82) is 0 Å². The fourth-order valence-electron chi connectivity index (χ4n) is 2.03. The number of phenolic OH excluding ortho intramolecular Hbond substituents is 1. The molecule has 3 aromatic rings. The van der Waals surface area contributed by atoms with Gasteiger partial charge in [0.2, 0.25) is 0 Å². The van der Waals surface area contributed by atoms with Crippen LogP contribution in [-0.4, -0.2) is 21.9 Å². The van der Waals surface area contributed by atoms with Gasteiger partial charge in [0.25, 0.3) is 11.8 Å². The minimum absolute atomic E-state index is 0.0397. The molecule has 1 heterocycles. The van der Waals surface area contributed by atoms with Gasteiger partial charge in [0.05, 0.1) is 11.8 Å². The molecule has 25 heavy (non-hydrogen) atoms. The summed E-state index contributed by atoms with van der Waals surface area (Å²) < 4.78 is 0. The van der Waals surface area contributed by atoms with Crippen molar-refractivity contribution in [2.45, 2.75) is 0 Å². The summed E-state index contributed by atoms with van der Waals surface area (Å²) in [6.07, 6.45) is 1.44. The molecule has 0 saturated heterocycles. The number of benzene rings is 2. The fraction of sp³-hybridized carbons (Fsp3) is 0. The lowest BCUT2D eigenvalue weighted by Crippen LogP contribution is -2.41. The summed E-state index contributed by atoms with van der Waals surface area (Å²) in [6.45, 7) is 0. The van der Waals surface area contributed by atoms with Gasteiger partial charge < -0.3 is 5.11 Å². The molecule has 1 aromatic heterocycles. The van der Waals surface area contributed by atoms with Crippen LogP contribution in [0.15, 0.2) is 54.7 Å². The summed E-state index contributed by atoms with van der Waals surface area (Å²) in [5, 5.41) is 10.7. The molecular weight excluding hydrogens is 362 g/mol. The van der Waals surface area contributed by atoms with E-state index in [9.17, 15) is 14.7 Å². The second-order valence-corrected chi connectivity index (χ2v) is 6.43. The van der Waals surface area contributed by atoms with Gasteiger partial charge in [-0.15, -0.1) is 11.3 Å². The largest absolute Gasteiger partial charge is 0.507 e. The Labute approximate surface area is 152 Å². The molecule has 2 aromatic carbocycles. The normalized spacial score (nSPS) is 10.3. The highest BCUT2D eigenvalue weighted by atomic mass is 35.5. The van der Waals surface area contributed by atoms with Crippen LogP contribution >= 0.6 is 22.9 Å². The number of nitrogens with zero attached hydrogens (tertiary/aromatic N) is 1. The first-order chi connectivity index (χ1) is 12.0. The van der Waals surface area contributed by atoms with E-state index in [1.54, 1.807) is 0 Å². The molecule has 0 aliphatic heterocycles. The molecular formula is C17H12ClN3O3S. The van der Waals surface area contributed by atoms with E-state index in [1.165, 1.54) is 35.7 Å². The number of hydrogen-bond acceptors (Lipinski definition) is 5. The Morgan fingerprint density at radius 2 is 1.76 bits per heavy atom. The number of nitrogens with one attached hydrogen (secondary N) is 2. The van der Waals surface area contributed by atoms with Crippen molar-refractivity contribution < 1.29 is 14.7 Å². The Morgan fingerprint density at radius 1 is 1.04 bits per heavy atom. The van der Waals surface area contributed by atoms with Crippen molar-refractivity contribution >= 4 is 34.8 Å². The molecule has 0 atom stereocenters. The molecule has 0 saturated carbocycles. The molecule has 2 amide bonds. The fourth-order valence-corrected chi connectivity index (χ4v) is 3.01. The smallest absolute Gasteiger partial charge is 0.281 e. The third kappa shape index (κ3) is 3.96. The van der Waals surface area contributed by atoms with Crippen molar-refractivity contribution in [3.8, 4) is 16.3 Å². The number of halogens is 1.